The van der Waals surface area contributed by atoms with E-state index in [4.69, 9.17) is 9.84 Å². The molecule has 1 aromatic rings. The van der Waals surface area contributed by atoms with E-state index in [0.29, 0.717) is 19.4 Å². The summed E-state index contributed by atoms with van der Waals surface area (Å²) in [4.78, 5) is 25.8. The van der Waals surface area contributed by atoms with Gasteiger partial charge in [-0.05, 0) is 18.4 Å². The van der Waals surface area contributed by atoms with E-state index >= 15 is 0 Å². The Bertz CT molecular complexity index is 555. The second-order valence-electron chi connectivity index (χ2n) is 6.85. The summed E-state index contributed by atoms with van der Waals surface area (Å²) in [7, 11) is 1.60. The summed E-state index contributed by atoms with van der Waals surface area (Å²) in [6, 6.07) is 9.59. The minimum atomic E-state index is -0.884. The zero-order valence-electron chi connectivity index (χ0n) is 14.0. The molecule has 1 aliphatic heterocycles. The van der Waals surface area contributed by atoms with Gasteiger partial charge in [-0.25, -0.2) is 0 Å². The van der Waals surface area contributed by atoms with Crippen LogP contribution in [0.25, 0.3) is 0 Å². The van der Waals surface area contributed by atoms with Gasteiger partial charge in [0.1, 0.15) is 0 Å². The van der Waals surface area contributed by atoms with E-state index in [9.17, 15) is 9.59 Å². The molecule has 1 amide bonds. The highest BCUT2D eigenvalue weighted by molar-refractivity contribution is 5.83. The molecule has 126 valence electrons. The van der Waals surface area contributed by atoms with Crippen LogP contribution in [0.5, 0.6) is 0 Å². The summed E-state index contributed by atoms with van der Waals surface area (Å²) in [6.07, 6.45) is 1.08. The fourth-order valence-electron chi connectivity index (χ4n) is 3.26. The zero-order valence-corrected chi connectivity index (χ0v) is 14.0. The van der Waals surface area contributed by atoms with E-state index in [1.165, 1.54) is 0 Å². The summed E-state index contributed by atoms with van der Waals surface area (Å²) in [5, 5.41) is 9.09. The van der Waals surface area contributed by atoms with Crippen LogP contribution in [0.2, 0.25) is 0 Å². The van der Waals surface area contributed by atoms with Crippen LogP contribution < -0.4 is 0 Å². The Labute approximate surface area is 137 Å². The second-order valence-corrected chi connectivity index (χ2v) is 6.85. The maximum Gasteiger partial charge on any atom is 0.305 e. The normalized spacial score (nSPS) is 21.4. The Morgan fingerprint density at radius 2 is 1.96 bits per heavy atom. The first-order chi connectivity index (χ1) is 10.8. The number of carbonyl (C=O) groups excluding carboxylic acids is 1. The number of hydrogen-bond acceptors (Lipinski definition) is 3. The van der Waals surface area contributed by atoms with Gasteiger partial charge in [0.15, 0.2) is 0 Å². The number of nitrogens with zero attached hydrogens (tertiary/aromatic N) is 1. The van der Waals surface area contributed by atoms with Gasteiger partial charge in [-0.15, -0.1) is 0 Å². The molecular formula is C18H25NO4. The lowest BCUT2D eigenvalue weighted by Gasteiger charge is -2.32. The van der Waals surface area contributed by atoms with Gasteiger partial charge in [0.25, 0.3) is 0 Å². The largest absolute Gasteiger partial charge is 0.481 e. The van der Waals surface area contributed by atoms with Crippen molar-refractivity contribution in [2.45, 2.75) is 45.3 Å². The Hall–Kier alpha value is -1.88. The Kier molecular flexibility index (Phi) is 5.42. The molecule has 2 atom stereocenters. The van der Waals surface area contributed by atoms with Gasteiger partial charge in [0.05, 0.1) is 12.5 Å². The standard InChI is InChI=1S/C18H25NO4/c1-18(2,11-13-7-5-4-6-8-13)17(22)19-12-15(23-3)9-14(19)10-16(20)21/h4-8,14-15H,9-12H2,1-3H3,(H,20,21). The third-order valence-corrected chi connectivity index (χ3v) is 4.45. The van der Waals surface area contributed by atoms with Crippen LogP contribution >= 0.6 is 0 Å². The monoisotopic (exact) mass is 319 g/mol. The van der Waals surface area contributed by atoms with Gasteiger partial charge in [0, 0.05) is 25.1 Å². The molecule has 1 heterocycles. The Morgan fingerprint density at radius 3 is 2.52 bits per heavy atom. The molecule has 2 unspecified atom stereocenters. The highest BCUT2D eigenvalue weighted by Gasteiger charge is 2.41. The molecule has 1 N–H and O–H groups in total. The molecule has 0 bridgehead atoms. The number of rotatable bonds is 6. The van der Waals surface area contributed by atoms with Gasteiger partial charge >= 0.3 is 5.97 Å². The number of hydrogen-bond donors (Lipinski definition) is 1. The predicted molar refractivity (Wildman–Crippen MR) is 87.1 cm³/mol. The molecule has 1 aliphatic rings. The number of benzene rings is 1. The molecule has 0 spiro atoms. The second kappa shape index (κ2) is 7.13. The highest BCUT2D eigenvalue weighted by atomic mass is 16.5. The van der Waals surface area contributed by atoms with Crippen molar-refractivity contribution in [1.29, 1.82) is 0 Å². The topological polar surface area (TPSA) is 66.8 Å². The lowest BCUT2D eigenvalue weighted by atomic mass is 9.84. The number of amides is 1. The fraction of sp³-hybridized carbons (Fsp3) is 0.556. The molecule has 1 aromatic carbocycles. The maximum absolute atomic E-state index is 13.0. The molecule has 0 saturated carbocycles. The van der Waals surface area contributed by atoms with Crippen molar-refractivity contribution in [3.63, 3.8) is 0 Å². The van der Waals surface area contributed by atoms with Gasteiger partial charge in [0.2, 0.25) is 5.91 Å². The van der Waals surface area contributed by atoms with E-state index in [1.54, 1.807) is 12.0 Å². The maximum atomic E-state index is 13.0. The zero-order chi connectivity index (χ0) is 17.0. The minimum absolute atomic E-state index is 0.00727. The number of methoxy groups -OCH3 is 1. The van der Waals surface area contributed by atoms with E-state index in [2.05, 4.69) is 0 Å². The first-order valence-corrected chi connectivity index (χ1v) is 7.93. The van der Waals surface area contributed by atoms with E-state index < -0.39 is 11.4 Å². The first kappa shape index (κ1) is 17.5. The van der Waals surface area contributed by atoms with Gasteiger partial charge in [-0.2, -0.15) is 0 Å². The summed E-state index contributed by atoms with van der Waals surface area (Å²) in [5.74, 6) is -0.891. The number of carboxylic acid groups (broad SMARTS) is 1. The number of likely N-dealkylation sites (tertiary alicyclic amines) is 1. The van der Waals surface area contributed by atoms with Crippen molar-refractivity contribution >= 4 is 11.9 Å². The van der Waals surface area contributed by atoms with Crippen molar-refractivity contribution in [1.82, 2.24) is 4.90 Å². The average Bonchev–Trinajstić information content (AvgIpc) is 2.89. The lowest BCUT2D eigenvalue weighted by Crippen LogP contribution is -2.45. The predicted octanol–water partition coefficient (Wildman–Crippen LogP) is 2.35. The van der Waals surface area contributed by atoms with Gasteiger partial charge < -0.3 is 14.7 Å². The summed E-state index contributed by atoms with van der Waals surface area (Å²) in [5.41, 5.74) is 0.518. The van der Waals surface area contributed by atoms with Crippen LogP contribution in [0.4, 0.5) is 0 Å². The Balaban J connectivity index is 2.13. The van der Waals surface area contributed by atoms with Crippen LogP contribution in [-0.4, -0.2) is 47.7 Å². The van der Waals surface area contributed by atoms with Gasteiger partial charge in [-0.3, -0.25) is 9.59 Å². The van der Waals surface area contributed by atoms with E-state index in [0.717, 1.165) is 5.56 Å². The van der Waals surface area contributed by atoms with E-state index in [1.807, 2.05) is 44.2 Å². The van der Waals surface area contributed by atoms with E-state index in [-0.39, 0.29) is 24.5 Å². The van der Waals surface area contributed by atoms with Crippen LogP contribution in [0.1, 0.15) is 32.3 Å². The molecule has 0 aromatic heterocycles. The average molecular weight is 319 g/mol. The minimum Gasteiger partial charge on any atom is -0.481 e. The van der Waals surface area contributed by atoms with Crippen molar-refractivity contribution in [2.75, 3.05) is 13.7 Å². The Morgan fingerprint density at radius 1 is 1.30 bits per heavy atom. The fourth-order valence-corrected chi connectivity index (χ4v) is 3.26. The highest BCUT2D eigenvalue weighted by Crippen LogP contribution is 2.31. The molecule has 1 saturated heterocycles. The third kappa shape index (κ3) is 4.32. The van der Waals surface area contributed by atoms with Crippen LogP contribution in [0.3, 0.4) is 0 Å². The van der Waals surface area contributed by atoms with Crippen molar-refractivity contribution in [3.8, 4) is 0 Å². The molecule has 1 fully saturated rings. The molecule has 23 heavy (non-hydrogen) atoms. The molecule has 5 nitrogen and oxygen atoms in total. The number of ether oxygens (including phenoxy) is 1. The van der Waals surface area contributed by atoms with Crippen molar-refractivity contribution < 1.29 is 19.4 Å². The molecule has 2 rings (SSSR count). The molecule has 0 radical (unpaired) electrons. The van der Waals surface area contributed by atoms with Crippen molar-refractivity contribution in [2.24, 2.45) is 5.41 Å². The quantitative estimate of drug-likeness (QED) is 0.874. The number of carbonyl (C=O) groups is 2. The van der Waals surface area contributed by atoms with Crippen LogP contribution in [-0.2, 0) is 20.7 Å². The smallest absolute Gasteiger partial charge is 0.305 e. The summed E-state index contributed by atoms with van der Waals surface area (Å²) in [6.45, 7) is 4.30. The van der Waals surface area contributed by atoms with Crippen LogP contribution in [0, 0.1) is 5.41 Å². The van der Waals surface area contributed by atoms with Gasteiger partial charge in [-0.1, -0.05) is 44.2 Å². The lowest BCUT2D eigenvalue weighted by molar-refractivity contribution is -0.144. The SMILES string of the molecule is COC1CC(CC(=O)O)N(C(=O)C(C)(C)Cc2ccccc2)C1. The summed E-state index contributed by atoms with van der Waals surface area (Å²) < 4.78 is 5.35. The number of aliphatic carboxylic acids is 1. The van der Waals surface area contributed by atoms with Crippen molar-refractivity contribution in [3.05, 3.63) is 35.9 Å². The summed E-state index contributed by atoms with van der Waals surface area (Å²) >= 11 is 0. The number of carboxylic acids is 1. The van der Waals surface area contributed by atoms with Crippen LogP contribution in [0.15, 0.2) is 30.3 Å². The third-order valence-electron chi connectivity index (χ3n) is 4.45. The molecule has 5 heteroatoms. The molecule has 0 aliphatic carbocycles. The molecular weight excluding hydrogens is 294 g/mol. The first-order valence-electron chi connectivity index (χ1n) is 7.93.